The molecule has 1 unspecified atom stereocenters. The van der Waals surface area contributed by atoms with Gasteiger partial charge in [-0.25, -0.2) is 9.37 Å². The van der Waals surface area contributed by atoms with Gasteiger partial charge in [-0.05, 0) is 74.4 Å². The van der Waals surface area contributed by atoms with Crippen molar-refractivity contribution in [2.45, 2.75) is 26.8 Å². The van der Waals surface area contributed by atoms with Gasteiger partial charge in [-0.3, -0.25) is 14.5 Å². The first-order valence-electron chi connectivity index (χ1n) is 10.3. The highest BCUT2D eigenvalue weighted by Crippen LogP contribution is 2.42. The van der Waals surface area contributed by atoms with Crippen LogP contribution in [0.4, 0.5) is 10.3 Å². The number of carbonyl (C=O) groups excluding carboxylic acids is 2. The number of furan rings is 1. The zero-order valence-corrected chi connectivity index (χ0v) is 18.1. The number of aromatic nitrogens is 2. The summed E-state index contributed by atoms with van der Waals surface area (Å²) >= 11 is 0. The van der Waals surface area contributed by atoms with Crippen LogP contribution in [0, 0.1) is 26.6 Å². The maximum Gasteiger partial charge on any atom is 0.302 e. The summed E-state index contributed by atoms with van der Waals surface area (Å²) in [5.41, 5.74) is 2.70. The molecule has 2 N–H and O–H groups in total. The summed E-state index contributed by atoms with van der Waals surface area (Å²) in [5, 5.41) is 11.1. The molecule has 4 aromatic rings. The number of H-pyrrole nitrogens is 1. The number of anilines is 1. The van der Waals surface area contributed by atoms with E-state index in [2.05, 4.69) is 9.97 Å². The molecular weight excluding hydrogens is 425 g/mol. The van der Waals surface area contributed by atoms with E-state index < -0.39 is 29.3 Å². The summed E-state index contributed by atoms with van der Waals surface area (Å²) in [6.07, 6.45) is 0. The lowest BCUT2D eigenvalue weighted by Crippen LogP contribution is -2.30. The highest BCUT2D eigenvalue weighted by molar-refractivity contribution is 6.51. The molecule has 7 nitrogen and oxygen atoms in total. The van der Waals surface area contributed by atoms with Crippen LogP contribution in [-0.4, -0.2) is 26.8 Å². The minimum Gasteiger partial charge on any atom is -0.507 e. The largest absolute Gasteiger partial charge is 0.507 e. The fourth-order valence-corrected chi connectivity index (χ4v) is 4.09. The minimum atomic E-state index is -1.05. The van der Waals surface area contributed by atoms with Crippen molar-refractivity contribution in [2.75, 3.05) is 4.90 Å². The Balaban J connectivity index is 1.73. The Labute approximate surface area is 188 Å². The Hall–Kier alpha value is -4.20. The first-order chi connectivity index (χ1) is 15.7. The quantitative estimate of drug-likeness (QED) is 0.267. The molecule has 0 radical (unpaired) electrons. The zero-order chi connectivity index (χ0) is 23.4. The third kappa shape index (κ3) is 3.31. The minimum absolute atomic E-state index is 0.156. The number of aryl methyl sites for hydroxylation is 3. The topological polar surface area (TPSA) is 99.4 Å². The molecule has 3 heterocycles. The summed E-state index contributed by atoms with van der Waals surface area (Å²) in [7, 11) is 0. The number of nitrogens with one attached hydrogen (secondary N) is 1. The number of benzene rings is 2. The van der Waals surface area contributed by atoms with Crippen LogP contribution in [0.15, 0.2) is 58.5 Å². The monoisotopic (exact) mass is 445 g/mol. The molecule has 0 saturated carbocycles. The molecule has 1 fully saturated rings. The van der Waals surface area contributed by atoms with Crippen LogP contribution in [0.25, 0.3) is 16.8 Å². The summed E-state index contributed by atoms with van der Waals surface area (Å²) in [6, 6.07) is 11.9. The van der Waals surface area contributed by atoms with Crippen molar-refractivity contribution in [2.24, 2.45) is 0 Å². The van der Waals surface area contributed by atoms with Gasteiger partial charge >= 0.3 is 5.91 Å². The van der Waals surface area contributed by atoms with Gasteiger partial charge in [-0.1, -0.05) is 6.07 Å². The first-order valence-corrected chi connectivity index (χ1v) is 10.3. The number of halogens is 1. The first kappa shape index (κ1) is 20.7. The third-order valence-electron chi connectivity index (χ3n) is 5.76. The van der Waals surface area contributed by atoms with E-state index in [-0.39, 0.29) is 17.1 Å². The van der Waals surface area contributed by atoms with Gasteiger partial charge in [-0.15, -0.1) is 0 Å². The number of amides is 1. The Morgan fingerprint density at radius 1 is 1.09 bits per heavy atom. The lowest BCUT2D eigenvalue weighted by atomic mass is 9.98. The van der Waals surface area contributed by atoms with Gasteiger partial charge in [0, 0.05) is 5.56 Å². The lowest BCUT2D eigenvalue weighted by molar-refractivity contribution is -0.132. The Bertz CT molecular complexity index is 1480. The number of rotatable bonds is 3. The summed E-state index contributed by atoms with van der Waals surface area (Å²) in [6.45, 7) is 5.22. The molecular formula is C25H20FN3O4. The van der Waals surface area contributed by atoms with Crippen molar-refractivity contribution in [3.63, 3.8) is 0 Å². The van der Waals surface area contributed by atoms with E-state index in [0.717, 1.165) is 5.56 Å². The van der Waals surface area contributed by atoms with Crippen molar-refractivity contribution in [3.8, 4) is 0 Å². The number of fused-ring (bicyclic) bond motifs is 1. The Kier molecular flexibility index (Phi) is 4.67. The van der Waals surface area contributed by atoms with Crippen LogP contribution in [-0.2, 0) is 9.59 Å². The molecule has 1 saturated heterocycles. The fourth-order valence-electron chi connectivity index (χ4n) is 4.09. The van der Waals surface area contributed by atoms with Crippen LogP contribution < -0.4 is 4.90 Å². The third-order valence-corrected chi connectivity index (χ3v) is 5.76. The molecule has 0 bridgehead atoms. The molecule has 1 aliphatic heterocycles. The average Bonchev–Trinajstić information content (AvgIpc) is 3.45. The average molecular weight is 445 g/mol. The Morgan fingerprint density at radius 2 is 1.88 bits per heavy atom. The van der Waals surface area contributed by atoms with Crippen molar-refractivity contribution < 1.29 is 23.5 Å². The number of aliphatic hydroxyl groups is 1. The van der Waals surface area contributed by atoms with Gasteiger partial charge in [0.1, 0.15) is 29.1 Å². The van der Waals surface area contributed by atoms with E-state index in [9.17, 15) is 19.1 Å². The number of ketones is 1. The molecule has 5 rings (SSSR count). The summed E-state index contributed by atoms with van der Waals surface area (Å²) in [5.74, 6) is -1.56. The van der Waals surface area contributed by atoms with E-state index in [4.69, 9.17) is 4.42 Å². The second kappa shape index (κ2) is 7.44. The fraction of sp³-hybridized carbons (Fsp3) is 0.160. The molecule has 1 amide bonds. The number of carbonyl (C=O) groups is 2. The van der Waals surface area contributed by atoms with Gasteiger partial charge in [0.2, 0.25) is 5.95 Å². The number of aromatic amines is 1. The smallest absolute Gasteiger partial charge is 0.302 e. The number of aliphatic hydroxyl groups excluding tert-OH is 1. The molecule has 166 valence electrons. The van der Waals surface area contributed by atoms with Crippen LogP contribution in [0.3, 0.4) is 0 Å². The van der Waals surface area contributed by atoms with Gasteiger partial charge in [0.25, 0.3) is 5.78 Å². The molecule has 33 heavy (non-hydrogen) atoms. The predicted molar refractivity (Wildman–Crippen MR) is 120 cm³/mol. The van der Waals surface area contributed by atoms with E-state index in [1.807, 2.05) is 25.1 Å². The summed E-state index contributed by atoms with van der Waals surface area (Å²) < 4.78 is 19.6. The van der Waals surface area contributed by atoms with E-state index in [1.54, 1.807) is 26.0 Å². The molecule has 2 aromatic carbocycles. The maximum absolute atomic E-state index is 13.8. The van der Waals surface area contributed by atoms with Crippen molar-refractivity contribution in [1.29, 1.82) is 0 Å². The number of hydrogen-bond acceptors (Lipinski definition) is 5. The number of imidazole rings is 1. The van der Waals surface area contributed by atoms with E-state index >= 15 is 0 Å². The molecule has 1 aliphatic rings. The van der Waals surface area contributed by atoms with Gasteiger partial charge in [0.05, 0.1) is 16.6 Å². The Morgan fingerprint density at radius 3 is 2.58 bits per heavy atom. The normalized spacial score (nSPS) is 17.9. The summed E-state index contributed by atoms with van der Waals surface area (Å²) in [4.78, 5) is 35.1. The van der Waals surface area contributed by atoms with Crippen molar-refractivity contribution in [1.82, 2.24) is 9.97 Å². The predicted octanol–water partition coefficient (Wildman–Crippen LogP) is 4.85. The van der Waals surface area contributed by atoms with E-state index in [0.29, 0.717) is 28.1 Å². The van der Waals surface area contributed by atoms with E-state index in [1.165, 1.54) is 23.1 Å². The molecule has 2 aromatic heterocycles. The van der Waals surface area contributed by atoms with Gasteiger partial charge in [0.15, 0.2) is 0 Å². The lowest BCUT2D eigenvalue weighted by Gasteiger charge is -2.20. The van der Waals surface area contributed by atoms with Crippen LogP contribution in [0.1, 0.15) is 34.3 Å². The highest BCUT2D eigenvalue weighted by Gasteiger charge is 2.49. The standard InChI is InChI=1S/C25H20FN3O4/c1-12-4-8-17-18(10-12)28-25(27-17)29-21(19-9-5-14(3)33-19)20(23(31)24(29)32)22(30)15-6-7-16(26)13(2)11-15/h4-11,21,30H,1-3H3,(H,27,28)/b22-20+. The molecule has 0 spiro atoms. The van der Waals surface area contributed by atoms with Gasteiger partial charge < -0.3 is 14.5 Å². The van der Waals surface area contributed by atoms with Crippen molar-refractivity contribution >= 4 is 34.4 Å². The molecule has 8 heteroatoms. The molecule has 1 atom stereocenters. The zero-order valence-electron chi connectivity index (χ0n) is 18.1. The van der Waals surface area contributed by atoms with Gasteiger partial charge in [-0.2, -0.15) is 0 Å². The second-order valence-electron chi connectivity index (χ2n) is 8.16. The van der Waals surface area contributed by atoms with Crippen LogP contribution in [0.2, 0.25) is 0 Å². The number of Topliss-reactive ketones (excluding diaryl/α,β-unsaturated/α-hetero) is 1. The number of hydrogen-bond donors (Lipinski definition) is 2. The van der Waals surface area contributed by atoms with Crippen LogP contribution in [0.5, 0.6) is 0 Å². The molecule has 0 aliphatic carbocycles. The maximum atomic E-state index is 13.8. The second-order valence-corrected chi connectivity index (χ2v) is 8.16. The SMILES string of the molecule is Cc1ccc2nc(N3C(=O)C(=O)/C(=C(/O)c4ccc(F)c(C)c4)C3c3ccc(C)o3)[nH]c2c1. The van der Waals surface area contributed by atoms with Crippen LogP contribution >= 0.6 is 0 Å². The van der Waals surface area contributed by atoms with Crippen molar-refractivity contribution in [3.05, 3.63) is 88.1 Å². The number of nitrogens with zero attached hydrogens (tertiary/aromatic N) is 2. The highest BCUT2D eigenvalue weighted by atomic mass is 19.1.